The molecule has 1 aromatic carbocycles. The highest BCUT2D eigenvalue weighted by atomic mass is 16.2. The summed E-state index contributed by atoms with van der Waals surface area (Å²) in [5.41, 5.74) is 0.612. The van der Waals surface area contributed by atoms with Gasteiger partial charge in [-0.3, -0.25) is 14.7 Å². The smallest absolute Gasteiger partial charge is 0.319 e. The van der Waals surface area contributed by atoms with E-state index in [0.717, 1.165) is 11.1 Å². The van der Waals surface area contributed by atoms with E-state index in [1.807, 2.05) is 30.3 Å². The van der Waals surface area contributed by atoms with E-state index in [9.17, 15) is 9.59 Å². The first-order valence-corrected chi connectivity index (χ1v) is 6.70. The summed E-state index contributed by atoms with van der Waals surface area (Å²) in [6.45, 7) is 1.99. The second kappa shape index (κ2) is 5.01. The van der Waals surface area contributed by atoms with Crippen LogP contribution in [0.5, 0.6) is 0 Å². The van der Waals surface area contributed by atoms with Crippen LogP contribution >= 0.6 is 0 Å². The Morgan fingerprint density at radius 1 is 1.10 bits per heavy atom. The molecule has 0 radical (unpaired) electrons. The molecule has 0 spiro atoms. The number of imide groups is 1. The Morgan fingerprint density at radius 2 is 1.76 bits per heavy atom. The molecule has 1 N–H and O–H groups in total. The van der Waals surface area contributed by atoms with Gasteiger partial charge in [0.25, 0.3) is 5.91 Å². The van der Waals surface area contributed by atoms with Gasteiger partial charge >= 0.3 is 6.03 Å². The first-order valence-electron chi connectivity index (χ1n) is 6.70. The highest BCUT2D eigenvalue weighted by Gasteiger charge is 2.48. The van der Waals surface area contributed by atoms with Gasteiger partial charge in [0.15, 0.2) is 0 Å². The number of nitrogens with one attached hydrogen (secondary N) is 1. The van der Waals surface area contributed by atoms with E-state index >= 15 is 0 Å². The van der Waals surface area contributed by atoms with Gasteiger partial charge in [-0.15, -0.1) is 0 Å². The molecule has 1 aromatic heterocycles. The monoisotopic (exact) mass is 281 g/mol. The summed E-state index contributed by atoms with van der Waals surface area (Å²) in [6, 6.07) is 12.6. The number of nitrogens with zero attached hydrogens (tertiary/aromatic N) is 2. The molecule has 0 bridgehead atoms. The van der Waals surface area contributed by atoms with Gasteiger partial charge in [0.1, 0.15) is 5.54 Å². The summed E-state index contributed by atoms with van der Waals surface area (Å²) in [6.07, 6.45) is 3.22. The Balaban J connectivity index is 1.89. The van der Waals surface area contributed by atoms with Crippen LogP contribution in [0.4, 0.5) is 4.79 Å². The zero-order valence-corrected chi connectivity index (χ0v) is 11.6. The number of carbonyl (C=O) groups excluding carboxylic acids is 2. The number of benzene rings is 1. The maximum Gasteiger partial charge on any atom is 0.325 e. The molecular weight excluding hydrogens is 266 g/mol. The summed E-state index contributed by atoms with van der Waals surface area (Å²) in [7, 11) is 0. The van der Waals surface area contributed by atoms with Crippen LogP contribution < -0.4 is 5.32 Å². The van der Waals surface area contributed by atoms with Crippen LogP contribution in [-0.2, 0) is 16.9 Å². The predicted octanol–water partition coefficient (Wildman–Crippen LogP) is 2.05. The highest BCUT2D eigenvalue weighted by molar-refractivity contribution is 6.07. The second-order valence-electron chi connectivity index (χ2n) is 5.17. The molecule has 3 amide bonds. The summed E-state index contributed by atoms with van der Waals surface area (Å²) in [5.74, 6) is -0.248. The lowest BCUT2D eigenvalue weighted by Gasteiger charge is -2.22. The largest absolute Gasteiger partial charge is 0.325 e. The third-order valence-electron chi connectivity index (χ3n) is 3.72. The second-order valence-corrected chi connectivity index (χ2v) is 5.17. The highest BCUT2D eigenvalue weighted by Crippen LogP contribution is 2.29. The average Bonchev–Trinajstić information content (AvgIpc) is 2.74. The van der Waals surface area contributed by atoms with Gasteiger partial charge in [0.05, 0.1) is 6.54 Å². The van der Waals surface area contributed by atoms with E-state index in [1.165, 1.54) is 4.90 Å². The minimum absolute atomic E-state index is 0.248. The molecule has 5 nitrogen and oxygen atoms in total. The number of hydrogen-bond acceptors (Lipinski definition) is 3. The molecule has 21 heavy (non-hydrogen) atoms. The molecule has 1 fully saturated rings. The molecule has 1 unspecified atom stereocenters. The van der Waals surface area contributed by atoms with Crippen molar-refractivity contribution in [1.82, 2.24) is 15.2 Å². The molecule has 0 saturated carbocycles. The quantitative estimate of drug-likeness (QED) is 0.876. The molecule has 1 atom stereocenters. The summed E-state index contributed by atoms with van der Waals surface area (Å²) < 4.78 is 0. The Labute approximate surface area is 122 Å². The maximum atomic E-state index is 12.7. The minimum Gasteiger partial charge on any atom is -0.319 e. The van der Waals surface area contributed by atoms with Crippen LogP contribution in [0.1, 0.15) is 18.1 Å². The molecule has 3 rings (SSSR count). The zero-order valence-electron chi connectivity index (χ0n) is 11.6. The normalized spacial score (nSPS) is 21.5. The maximum absolute atomic E-state index is 12.7. The van der Waals surface area contributed by atoms with E-state index in [1.54, 1.807) is 31.5 Å². The number of urea groups is 1. The Hall–Kier alpha value is -2.69. The summed E-state index contributed by atoms with van der Waals surface area (Å²) in [4.78, 5) is 30.0. The standard InChI is InChI=1S/C16H15N3O2/c1-16(13-7-9-17-10-8-13)14(20)19(15(21)18-16)11-12-5-3-2-4-6-12/h2-10H,11H2,1H3,(H,18,21). The summed E-state index contributed by atoms with van der Waals surface area (Å²) >= 11 is 0. The number of carbonyl (C=O) groups is 2. The number of hydrogen-bond donors (Lipinski definition) is 1. The third kappa shape index (κ3) is 2.27. The number of rotatable bonds is 3. The van der Waals surface area contributed by atoms with Gasteiger partial charge in [0, 0.05) is 12.4 Å². The first-order chi connectivity index (χ1) is 10.1. The molecule has 0 aliphatic carbocycles. The van der Waals surface area contributed by atoms with Crippen molar-refractivity contribution in [2.24, 2.45) is 0 Å². The average molecular weight is 281 g/mol. The fourth-order valence-electron chi connectivity index (χ4n) is 2.49. The molecule has 2 aromatic rings. The van der Waals surface area contributed by atoms with Gasteiger partial charge in [-0.1, -0.05) is 30.3 Å². The van der Waals surface area contributed by atoms with E-state index in [-0.39, 0.29) is 18.5 Å². The number of amides is 3. The molecule has 1 aliphatic rings. The molecule has 106 valence electrons. The van der Waals surface area contributed by atoms with E-state index in [4.69, 9.17) is 0 Å². The van der Waals surface area contributed by atoms with Crippen LogP contribution in [0, 0.1) is 0 Å². The lowest BCUT2D eigenvalue weighted by Crippen LogP contribution is -2.40. The predicted molar refractivity (Wildman–Crippen MR) is 77.1 cm³/mol. The van der Waals surface area contributed by atoms with Gasteiger partial charge in [-0.05, 0) is 30.2 Å². The van der Waals surface area contributed by atoms with Crippen molar-refractivity contribution in [2.45, 2.75) is 19.0 Å². The van der Waals surface area contributed by atoms with Gasteiger partial charge in [-0.25, -0.2) is 4.79 Å². The summed E-state index contributed by atoms with van der Waals surface area (Å²) in [5, 5.41) is 2.78. The van der Waals surface area contributed by atoms with E-state index < -0.39 is 5.54 Å². The van der Waals surface area contributed by atoms with Gasteiger partial charge in [-0.2, -0.15) is 0 Å². The SMILES string of the molecule is CC1(c2ccncc2)NC(=O)N(Cc2ccccc2)C1=O. The third-order valence-corrected chi connectivity index (χ3v) is 3.72. The van der Waals surface area contributed by atoms with Crippen LogP contribution in [0.25, 0.3) is 0 Å². The van der Waals surface area contributed by atoms with Crippen molar-refractivity contribution in [3.63, 3.8) is 0 Å². The van der Waals surface area contributed by atoms with Crippen molar-refractivity contribution in [3.05, 3.63) is 66.0 Å². The Kier molecular flexibility index (Phi) is 3.17. The van der Waals surface area contributed by atoms with Crippen LogP contribution in [-0.4, -0.2) is 21.8 Å². The lowest BCUT2D eigenvalue weighted by atomic mass is 9.93. The fraction of sp³-hybridized carbons (Fsp3) is 0.188. The fourth-order valence-corrected chi connectivity index (χ4v) is 2.49. The topological polar surface area (TPSA) is 62.3 Å². The first kappa shape index (κ1) is 13.3. The van der Waals surface area contributed by atoms with Gasteiger partial charge in [0.2, 0.25) is 0 Å². The molecule has 2 heterocycles. The minimum atomic E-state index is -1.03. The van der Waals surface area contributed by atoms with Crippen molar-refractivity contribution in [3.8, 4) is 0 Å². The van der Waals surface area contributed by atoms with Crippen molar-refractivity contribution < 1.29 is 9.59 Å². The van der Waals surface area contributed by atoms with Crippen LogP contribution in [0.3, 0.4) is 0 Å². The van der Waals surface area contributed by atoms with Crippen molar-refractivity contribution in [1.29, 1.82) is 0 Å². The van der Waals surface area contributed by atoms with E-state index in [2.05, 4.69) is 10.3 Å². The van der Waals surface area contributed by atoms with Gasteiger partial charge < -0.3 is 5.32 Å². The van der Waals surface area contributed by atoms with Crippen LogP contribution in [0.2, 0.25) is 0 Å². The zero-order chi connectivity index (χ0) is 14.9. The number of pyridine rings is 1. The van der Waals surface area contributed by atoms with Crippen molar-refractivity contribution in [2.75, 3.05) is 0 Å². The Bertz CT molecular complexity index is 672. The molecule has 1 aliphatic heterocycles. The lowest BCUT2D eigenvalue weighted by molar-refractivity contribution is -0.131. The Morgan fingerprint density at radius 3 is 2.43 bits per heavy atom. The number of aromatic nitrogens is 1. The molecular formula is C16H15N3O2. The molecule has 1 saturated heterocycles. The molecule has 5 heteroatoms. The van der Waals surface area contributed by atoms with Crippen molar-refractivity contribution >= 4 is 11.9 Å². The van der Waals surface area contributed by atoms with E-state index in [0.29, 0.717) is 0 Å². The van der Waals surface area contributed by atoms with Crippen LogP contribution in [0.15, 0.2) is 54.9 Å².